The highest BCUT2D eigenvalue weighted by atomic mass is 79.9. The Kier molecular flexibility index (Phi) is 5.92. The summed E-state index contributed by atoms with van der Waals surface area (Å²) in [5.41, 5.74) is 1.19. The summed E-state index contributed by atoms with van der Waals surface area (Å²) in [5.74, 6) is 2.30. The third-order valence-corrected chi connectivity index (χ3v) is 4.05. The molecule has 20 heavy (non-hydrogen) atoms. The molecule has 2 aromatic rings. The van der Waals surface area contributed by atoms with Crippen molar-refractivity contribution in [3.05, 3.63) is 52.5 Å². The first kappa shape index (κ1) is 15.4. The van der Waals surface area contributed by atoms with Gasteiger partial charge in [-0.1, -0.05) is 57.0 Å². The van der Waals surface area contributed by atoms with Crippen molar-refractivity contribution in [2.24, 2.45) is 0 Å². The number of halogens is 2. The maximum Gasteiger partial charge on any atom is 0.169 e. The first-order valence-electron chi connectivity index (χ1n) is 6.48. The Labute approximate surface area is 136 Å². The fourth-order valence-electron chi connectivity index (χ4n) is 1.69. The van der Waals surface area contributed by atoms with Crippen molar-refractivity contribution in [3.8, 4) is 17.2 Å². The number of benzene rings is 2. The third kappa shape index (κ3) is 4.00. The van der Waals surface area contributed by atoms with Gasteiger partial charge < -0.3 is 9.47 Å². The average Bonchev–Trinajstić information content (AvgIpc) is 2.46. The molecule has 0 aromatic heterocycles. The molecule has 0 saturated heterocycles. The Morgan fingerprint density at radius 3 is 2.45 bits per heavy atom. The van der Waals surface area contributed by atoms with E-state index in [2.05, 4.69) is 38.8 Å². The fraction of sp³-hybridized carbons (Fsp3) is 0.250. The van der Waals surface area contributed by atoms with Crippen molar-refractivity contribution < 1.29 is 9.47 Å². The van der Waals surface area contributed by atoms with Gasteiger partial charge in [0, 0.05) is 9.80 Å². The summed E-state index contributed by atoms with van der Waals surface area (Å²) < 4.78 is 12.6. The van der Waals surface area contributed by atoms with Crippen LogP contribution < -0.4 is 9.47 Å². The van der Waals surface area contributed by atoms with Gasteiger partial charge in [0.15, 0.2) is 11.5 Å². The van der Waals surface area contributed by atoms with E-state index in [4.69, 9.17) is 9.47 Å². The van der Waals surface area contributed by atoms with E-state index in [9.17, 15) is 0 Å². The zero-order valence-corrected chi connectivity index (χ0v) is 14.4. The van der Waals surface area contributed by atoms with Crippen LogP contribution in [-0.4, -0.2) is 6.61 Å². The summed E-state index contributed by atoms with van der Waals surface area (Å²) in [7, 11) is 0. The SMILES string of the molecule is CCCOc1ccccc1Oc1ccc(CBr)c(Br)c1. The summed E-state index contributed by atoms with van der Waals surface area (Å²) in [6.45, 7) is 2.77. The molecule has 0 saturated carbocycles. The summed E-state index contributed by atoms with van der Waals surface area (Å²) in [6, 6.07) is 13.7. The Hall–Kier alpha value is -1.000. The molecule has 4 heteroatoms. The zero-order chi connectivity index (χ0) is 14.4. The van der Waals surface area contributed by atoms with Gasteiger partial charge in [-0.25, -0.2) is 0 Å². The first-order valence-corrected chi connectivity index (χ1v) is 8.40. The predicted octanol–water partition coefficient (Wildman–Crippen LogP) is 5.93. The first-order chi connectivity index (χ1) is 9.74. The van der Waals surface area contributed by atoms with Crippen LogP contribution in [0.3, 0.4) is 0 Å². The minimum absolute atomic E-state index is 0.687. The van der Waals surface area contributed by atoms with Crippen LogP contribution >= 0.6 is 31.9 Å². The molecule has 2 rings (SSSR count). The maximum absolute atomic E-state index is 5.92. The molecular weight excluding hydrogens is 384 g/mol. The molecule has 2 aromatic carbocycles. The van der Waals surface area contributed by atoms with Gasteiger partial charge in [0.25, 0.3) is 0 Å². The van der Waals surface area contributed by atoms with Crippen LogP contribution in [0.1, 0.15) is 18.9 Å². The Balaban J connectivity index is 2.19. The quantitative estimate of drug-likeness (QED) is 0.560. The van der Waals surface area contributed by atoms with Gasteiger partial charge >= 0.3 is 0 Å². The molecule has 0 heterocycles. The van der Waals surface area contributed by atoms with Gasteiger partial charge in [0.05, 0.1) is 6.61 Å². The van der Waals surface area contributed by atoms with Crippen molar-refractivity contribution in [2.75, 3.05) is 6.61 Å². The second-order valence-corrected chi connectivity index (χ2v) is 5.70. The van der Waals surface area contributed by atoms with E-state index in [0.29, 0.717) is 6.61 Å². The second-order valence-electron chi connectivity index (χ2n) is 4.28. The Morgan fingerprint density at radius 2 is 1.80 bits per heavy atom. The fourth-order valence-corrected chi connectivity index (χ4v) is 3.06. The number of rotatable bonds is 6. The lowest BCUT2D eigenvalue weighted by molar-refractivity contribution is 0.302. The Morgan fingerprint density at radius 1 is 1.05 bits per heavy atom. The molecule has 0 unspecified atom stereocenters. The van der Waals surface area contributed by atoms with E-state index in [0.717, 1.165) is 33.5 Å². The number of hydrogen-bond donors (Lipinski definition) is 0. The van der Waals surface area contributed by atoms with Crippen LogP contribution in [0.15, 0.2) is 46.9 Å². The van der Waals surface area contributed by atoms with Crippen LogP contribution in [0.25, 0.3) is 0 Å². The number of hydrogen-bond acceptors (Lipinski definition) is 2. The van der Waals surface area contributed by atoms with Crippen LogP contribution in [0.5, 0.6) is 17.2 Å². The summed E-state index contributed by atoms with van der Waals surface area (Å²) >= 11 is 6.99. The molecule has 0 fully saturated rings. The highest BCUT2D eigenvalue weighted by molar-refractivity contribution is 9.10. The minimum Gasteiger partial charge on any atom is -0.490 e. The molecular formula is C16H16Br2O2. The molecule has 0 atom stereocenters. The highest BCUT2D eigenvalue weighted by Gasteiger charge is 2.07. The number of ether oxygens (including phenoxy) is 2. The molecule has 0 spiro atoms. The van der Waals surface area contributed by atoms with Gasteiger partial charge in [-0.15, -0.1) is 0 Å². The lowest BCUT2D eigenvalue weighted by Crippen LogP contribution is -1.97. The van der Waals surface area contributed by atoms with E-state index in [-0.39, 0.29) is 0 Å². The van der Waals surface area contributed by atoms with Crippen LogP contribution in [0.2, 0.25) is 0 Å². The molecule has 0 radical (unpaired) electrons. The predicted molar refractivity (Wildman–Crippen MR) is 89.1 cm³/mol. The van der Waals surface area contributed by atoms with Crippen molar-refractivity contribution in [1.29, 1.82) is 0 Å². The lowest BCUT2D eigenvalue weighted by atomic mass is 10.2. The molecule has 0 aliphatic carbocycles. The number of para-hydroxylation sites is 2. The molecule has 0 aliphatic heterocycles. The van der Waals surface area contributed by atoms with Crippen LogP contribution in [0, 0.1) is 0 Å². The molecule has 2 nitrogen and oxygen atoms in total. The van der Waals surface area contributed by atoms with Crippen molar-refractivity contribution in [1.82, 2.24) is 0 Å². The normalized spacial score (nSPS) is 10.3. The molecule has 106 valence electrons. The van der Waals surface area contributed by atoms with Gasteiger partial charge in [-0.3, -0.25) is 0 Å². The molecule has 0 N–H and O–H groups in total. The molecule has 0 amide bonds. The molecule has 0 bridgehead atoms. The smallest absolute Gasteiger partial charge is 0.169 e. The topological polar surface area (TPSA) is 18.5 Å². The van der Waals surface area contributed by atoms with Crippen LogP contribution in [-0.2, 0) is 5.33 Å². The van der Waals surface area contributed by atoms with Crippen molar-refractivity contribution in [2.45, 2.75) is 18.7 Å². The van der Waals surface area contributed by atoms with E-state index < -0.39 is 0 Å². The highest BCUT2D eigenvalue weighted by Crippen LogP contribution is 2.33. The van der Waals surface area contributed by atoms with Crippen molar-refractivity contribution >= 4 is 31.9 Å². The van der Waals surface area contributed by atoms with E-state index in [1.807, 2.05) is 42.5 Å². The lowest BCUT2D eigenvalue weighted by Gasteiger charge is -2.12. The molecule has 0 aliphatic rings. The van der Waals surface area contributed by atoms with Gasteiger partial charge in [0.2, 0.25) is 0 Å². The zero-order valence-electron chi connectivity index (χ0n) is 11.2. The van der Waals surface area contributed by atoms with E-state index in [1.54, 1.807) is 0 Å². The van der Waals surface area contributed by atoms with Gasteiger partial charge in [-0.05, 0) is 36.2 Å². The second kappa shape index (κ2) is 7.70. The van der Waals surface area contributed by atoms with Gasteiger partial charge in [-0.2, -0.15) is 0 Å². The summed E-state index contributed by atoms with van der Waals surface area (Å²) in [4.78, 5) is 0. The maximum atomic E-state index is 5.92. The van der Waals surface area contributed by atoms with Crippen LogP contribution in [0.4, 0.5) is 0 Å². The minimum atomic E-state index is 0.687. The average molecular weight is 400 g/mol. The van der Waals surface area contributed by atoms with E-state index in [1.165, 1.54) is 5.56 Å². The largest absolute Gasteiger partial charge is 0.490 e. The van der Waals surface area contributed by atoms with Gasteiger partial charge in [0.1, 0.15) is 5.75 Å². The number of alkyl halides is 1. The summed E-state index contributed by atoms with van der Waals surface area (Å²) in [6.07, 6.45) is 0.972. The standard InChI is InChI=1S/C16H16Br2O2/c1-2-9-19-15-5-3-4-6-16(15)20-13-8-7-12(11-17)14(18)10-13/h3-8,10H,2,9,11H2,1H3. The third-order valence-electron chi connectivity index (χ3n) is 2.71. The monoisotopic (exact) mass is 398 g/mol. The Bertz CT molecular complexity index is 570. The van der Waals surface area contributed by atoms with Crippen molar-refractivity contribution in [3.63, 3.8) is 0 Å². The summed E-state index contributed by atoms with van der Waals surface area (Å²) in [5, 5.41) is 0.810. The van der Waals surface area contributed by atoms with E-state index >= 15 is 0 Å².